The third kappa shape index (κ3) is 3.25. The maximum Gasteiger partial charge on any atom is 0.0657 e. The molecule has 3 nitrogen and oxygen atoms in total. The maximum absolute atomic E-state index is 6.04. The van der Waals surface area contributed by atoms with E-state index in [9.17, 15) is 0 Å². The summed E-state index contributed by atoms with van der Waals surface area (Å²) in [6, 6.07) is 0.828. The van der Waals surface area contributed by atoms with Crippen LogP contribution in [0.15, 0.2) is 0 Å². The van der Waals surface area contributed by atoms with Gasteiger partial charge in [0.1, 0.15) is 0 Å². The summed E-state index contributed by atoms with van der Waals surface area (Å²) in [6.07, 6.45) is 8.36. The largest absolute Gasteiger partial charge is 0.328 e. The Balaban J connectivity index is 2.34. The molecule has 0 bridgehead atoms. The molecule has 3 unspecified atom stereocenters. The SMILES string of the molecule is CCc1nn(C2CCCC(C)C2)c(CC)c1CC(C)N. The lowest BCUT2D eigenvalue weighted by atomic mass is 9.87. The number of rotatable bonds is 5. The second-order valence-corrected chi connectivity index (χ2v) is 6.63. The zero-order chi connectivity index (χ0) is 14.7. The molecule has 1 fully saturated rings. The number of nitrogens with two attached hydrogens (primary N) is 1. The van der Waals surface area contributed by atoms with E-state index in [0.717, 1.165) is 25.2 Å². The third-order valence-electron chi connectivity index (χ3n) is 4.65. The number of aryl methyl sites for hydroxylation is 1. The maximum atomic E-state index is 6.04. The second-order valence-electron chi connectivity index (χ2n) is 6.63. The molecule has 3 atom stereocenters. The van der Waals surface area contributed by atoms with Crippen molar-refractivity contribution in [2.75, 3.05) is 0 Å². The third-order valence-corrected chi connectivity index (χ3v) is 4.65. The standard InChI is InChI=1S/C17H31N3/c1-5-16-15(11-13(4)18)17(6-2)20(19-16)14-9-7-8-12(3)10-14/h12-14H,5-11,18H2,1-4H3. The predicted molar refractivity (Wildman–Crippen MR) is 85.0 cm³/mol. The van der Waals surface area contributed by atoms with Crippen LogP contribution in [0.2, 0.25) is 0 Å². The Kier molecular flexibility index (Phi) is 5.25. The lowest BCUT2D eigenvalue weighted by Crippen LogP contribution is -2.22. The first-order valence-corrected chi connectivity index (χ1v) is 8.41. The van der Waals surface area contributed by atoms with Crippen molar-refractivity contribution in [3.63, 3.8) is 0 Å². The van der Waals surface area contributed by atoms with Crippen LogP contribution in [0.25, 0.3) is 0 Å². The fourth-order valence-corrected chi connectivity index (χ4v) is 3.70. The van der Waals surface area contributed by atoms with Gasteiger partial charge in [0.2, 0.25) is 0 Å². The quantitative estimate of drug-likeness (QED) is 0.893. The Morgan fingerprint density at radius 2 is 2.05 bits per heavy atom. The molecule has 0 saturated heterocycles. The molecule has 1 aliphatic carbocycles. The van der Waals surface area contributed by atoms with Crippen LogP contribution in [0.3, 0.4) is 0 Å². The Morgan fingerprint density at radius 1 is 1.30 bits per heavy atom. The van der Waals surface area contributed by atoms with Crippen molar-refractivity contribution in [2.45, 2.75) is 84.7 Å². The summed E-state index contributed by atoms with van der Waals surface area (Å²) in [5.41, 5.74) is 10.2. The lowest BCUT2D eigenvalue weighted by molar-refractivity contribution is 0.261. The van der Waals surface area contributed by atoms with Gasteiger partial charge in [0.15, 0.2) is 0 Å². The Morgan fingerprint density at radius 3 is 2.60 bits per heavy atom. The molecule has 0 amide bonds. The van der Waals surface area contributed by atoms with Gasteiger partial charge in [0.25, 0.3) is 0 Å². The first-order valence-electron chi connectivity index (χ1n) is 8.41. The van der Waals surface area contributed by atoms with Crippen LogP contribution in [0.4, 0.5) is 0 Å². The van der Waals surface area contributed by atoms with E-state index >= 15 is 0 Å². The molecule has 2 rings (SSSR count). The van der Waals surface area contributed by atoms with E-state index in [0.29, 0.717) is 6.04 Å². The summed E-state index contributed by atoms with van der Waals surface area (Å²) in [5.74, 6) is 0.838. The van der Waals surface area contributed by atoms with Crippen molar-refractivity contribution >= 4 is 0 Å². The van der Waals surface area contributed by atoms with Gasteiger partial charge in [0, 0.05) is 11.7 Å². The van der Waals surface area contributed by atoms with E-state index in [-0.39, 0.29) is 6.04 Å². The van der Waals surface area contributed by atoms with Gasteiger partial charge in [-0.3, -0.25) is 4.68 Å². The summed E-state index contributed by atoms with van der Waals surface area (Å²) < 4.78 is 2.37. The Hall–Kier alpha value is -0.830. The van der Waals surface area contributed by atoms with Crippen LogP contribution < -0.4 is 5.73 Å². The van der Waals surface area contributed by atoms with Crippen molar-refractivity contribution in [1.29, 1.82) is 0 Å². The lowest BCUT2D eigenvalue weighted by Gasteiger charge is -2.28. The molecule has 1 saturated carbocycles. The smallest absolute Gasteiger partial charge is 0.0657 e. The molecule has 1 aromatic heterocycles. The van der Waals surface area contributed by atoms with Crippen molar-refractivity contribution < 1.29 is 0 Å². The minimum atomic E-state index is 0.216. The highest BCUT2D eigenvalue weighted by Gasteiger charge is 2.25. The molecule has 1 aliphatic rings. The monoisotopic (exact) mass is 277 g/mol. The molecule has 0 radical (unpaired) electrons. The molecule has 1 heterocycles. The fraction of sp³-hybridized carbons (Fsp3) is 0.824. The van der Waals surface area contributed by atoms with Gasteiger partial charge >= 0.3 is 0 Å². The van der Waals surface area contributed by atoms with E-state index in [1.54, 1.807) is 0 Å². The fourth-order valence-electron chi connectivity index (χ4n) is 3.70. The van der Waals surface area contributed by atoms with E-state index in [1.165, 1.54) is 42.6 Å². The van der Waals surface area contributed by atoms with Crippen LogP contribution in [0.1, 0.15) is 76.4 Å². The van der Waals surface area contributed by atoms with Crippen LogP contribution in [0, 0.1) is 5.92 Å². The molecule has 0 aliphatic heterocycles. The van der Waals surface area contributed by atoms with Gasteiger partial charge in [-0.05, 0) is 50.5 Å². The predicted octanol–water partition coefficient (Wildman–Crippen LogP) is 3.65. The number of hydrogen-bond acceptors (Lipinski definition) is 2. The van der Waals surface area contributed by atoms with Crippen molar-refractivity contribution in [1.82, 2.24) is 9.78 Å². The topological polar surface area (TPSA) is 43.8 Å². The Labute approximate surface area is 123 Å². The summed E-state index contributed by atoms with van der Waals surface area (Å²) in [6.45, 7) is 8.94. The van der Waals surface area contributed by atoms with Gasteiger partial charge in [0.05, 0.1) is 11.7 Å². The highest BCUT2D eigenvalue weighted by molar-refractivity contribution is 5.28. The van der Waals surface area contributed by atoms with Gasteiger partial charge in [-0.2, -0.15) is 5.10 Å². The average molecular weight is 277 g/mol. The highest BCUT2D eigenvalue weighted by atomic mass is 15.3. The summed E-state index contributed by atoms with van der Waals surface area (Å²) in [5, 5.41) is 4.97. The van der Waals surface area contributed by atoms with Gasteiger partial charge in [-0.25, -0.2) is 0 Å². The van der Waals surface area contributed by atoms with Gasteiger partial charge < -0.3 is 5.73 Å². The Bertz CT molecular complexity index is 434. The summed E-state index contributed by atoms with van der Waals surface area (Å²) in [7, 11) is 0. The zero-order valence-corrected chi connectivity index (χ0v) is 13.7. The molecule has 3 heteroatoms. The molecule has 20 heavy (non-hydrogen) atoms. The number of nitrogens with zero attached hydrogens (tertiary/aromatic N) is 2. The molecule has 0 spiro atoms. The van der Waals surface area contributed by atoms with Gasteiger partial charge in [-0.15, -0.1) is 0 Å². The van der Waals surface area contributed by atoms with Crippen LogP contribution in [-0.4, -0.2) is 15.8 Å². The molecule has 0 aromatic carbocycles. The van der Waals surface area contributed by atoms with Crippen LogP contribution in [0.5, 0.6) is 0 Å². The highest BCUT2D eigenvalue weighted by Crippen LogP contribution is 2.34. The van der Waals surface area contributed by atoms with Crippen molar-refractivity contribution in [2.24, 2.45) is 11.7 Å². The minimum Gasteiger partial charge on any atom is -0.328 e. The number of aromatic nitrogens is 2. The van der Waals surface area contributed by atoms with E-state index in [1.807, 2.05) is 0 Å². The summed E-state index contributed by atoms with van der Waals surface area (Å²) >= 11 is 0. The minimum absolute atomic E-state index is 0.216. The normalized spacial score (nSPS) is 24.9. The number of hydrogen-bond donors (Lipinski definition) is 1. The van der Waals surface area contributed by atoms with E-state index in [2.05, 4.69) is 32.4 Å². The van der Waals surface area contributed by atoms with Crippen molar-refractivity contribution in [3.8, 4) is 0 Å². The second kappa shape index (κ2) is 6.75. The summed E-state index contributed by atoms with van der Waals surface area (Å²) in [4.78, 5) is 0. The molecule has 2 N–H and O–H groups in total. The average Bonchev–Trinajstić information content (AvgIpc) is 2.75. The molecular weight excluding hydrogens is 246 g/mol. The van der Waals surface area contributed by atoms with Crippen LogP contribution >= 0.6 is 0 Å². The van der Waals surface area contributed by atoms with Crippen LogP contribution in [-0.2, 0) is 19.3 Å². The van der Waals surface area contributed by atoms with E-state index < -0.39 is 0 Å². The first-order chi connectivity index (χ1) is 9.56. The zero-order valence-electron chi connectivity index (χ0n) is 13.7. The molecular formula is C17H31N3. The molecule has 1 aromatic rings. The van der Waals surface area contributed by atoms with Crippen molar-refractivity contribution in [3.05, 3.63) is 17.0 Å². The van der Waals surface area contributed by atoms with Gasteiger partial charge in [-0.1, -0.05) is 33.6 Å². The molecule has 114 valence electrons. The first kappa shape index (κ1) is 15.6. The van der Waals surface area contributed by atoms with E-state index in [4.69, 9.17) is 10.8 Å².